The lowest BCUT2D eigenvalue weighted by Crippen LogP contribution is -2.45. The van der Waals surface area contributed by atoms with Gasteiger partial charge in [0.25, 0.3) is 0 Å². The van der Waals surface area contributed by atoms with Gasteiger partial charge in [0.05, 0.1) is 0 Å². The van der Waals surface area contributed by atoms with Crippen LogP contribution in [0.3, 0.4) is 0 Å². The summed E-state index contributed by atoms with van der Waals surface area (Å²) in [6.07, 6.45) is 5.17. The van der Waals surface area contributed by atoms with Crippen molar-refractivity contribution in [3.05, 3.63) is 0 Å². The number of hydrogen-bond donors (Lipinski definition) is 2. The second-order valence-corrected chi connectivity index (χ2v) is 6.38. The minimum absolute atomic E-state index is 0. The van der Waals surface area contributed by atoms with Crippen LogP contribution in [0.15, 0.2) is 4.99 Å². The number of piperidine rings is 1. The van der Waals surface area contributed by atoms with E-state index in [-0.39, 0.29) is 29.5 Å². The summed E-state index contributed by atoms with van der Waals surface area (Å²) >= 11 is 0. The van der Waals surface area contributed by atoms with Gasteiger partial charge in [-0.2, -0.15) is 0 Å². The van der Waals surface area contributed by atoms with Crippen molar-refractivity contribution < 1.29 is 0 Å². The van der Waals surface area contributed by atoms with E-state index < -0.39 is 0 Å². The third-order valence-electron chi connectivity index (χ3n) is 3.33. The number of rotatable bonds is 4. The molecule has 1 atom stereocenters. The molecule has 1 saturated heterocycles. The Kier molecular flexibility index (Phi) is 8.98. The lowest BCUT2D eigenvalue weighted by Gasteiger charge is -2.33. The first-order valence-electron chi connectivity index (χ1n) is 7.20. The van der Waals surface area contributed by atoms with E-state index in [0.29, 0.717) is 5.96 Å². The summed E-state index contributed by atoms with van der Waals surface area (Å²) in [5.41, 5.74) is 5.83. The smallest absolute Gasteiger partial charge is 0.188 e. The van der Waals surface area contributed by atoms with Crippen molar-refractivity contribution >= 4 is 29.9 Å². The first-order valence-corrected chi connectivity index (χ1v) is 7.20. The molecular weight excluding hydrogens is 351 g/mol. The average Bonchev–Trinajstić information content (AvgIpc) is 2.24. The van der Waals surface area contributed by atoms with Gasteiger partial charge < -0.3 is 16.0 Å². The van der Waals surface area contributed by atoms with Crippen molar-refractivity contribution in [3.63, 3.8) is 0 Å². The van der Waals surface area contributed by atoms with E-state index in [2.05, 4.69) is 42.9 Å². The average molecular weight is 382 g/mol. The summed E-state index contributed by atoms with van der Waals surface area (Å²) in [5.74, 6) is 0.564. The number of nitrogens with zero attached hydrogens (tertiary/aromatic N) is 2. The zero-order valence-corrected chi connectivity index (χ0v) is 15.2. The van der Waals surface area contributed by atoms with Gasteiger partial charge in [0.2, 0.25) is 0 Å². The number of hydrogen-bond acceptors (Lipinski definition) is 2. The highest BCUT2D eigenvalue weighted by Crippen LogP contribution is 2.16. The molecule has 0 aromatic heterocycles. The van der Waals surface area contributed by atoms with Crippen molar-refractivity contribution in [2.75, 3.05) is 19.6 Å². The highest BCUT2D eigenvalue weighted by molar-refractivity contribution is 14.0. The van der Waals surface area contributed by atoms with Crippen LogP contribution in [0.25, 0.3) is 0 Å². The molecule has 1 rings (SSSR count). The predicted octanol–water partition coefficient (Wildman–Crippen LogP) is 2.57. The zero-order chi connectivity index (χ0) is 13.6. The molecule has 5 heteroatoms. The highest BCUT2D eigenvalue weighted by Gasteiger charge is 2.17. The largest absolute Gasteiger partial charge is 0.370 e. The fourth-order valence-corrected chi connectivity index (χ4v) is 2.39. The molecule has 0 aromatic rings. The van der Waals surface area contributed by atoms with E-state index in [1.54, 1.807) is 0 Å². The van der Waals surface area contributed by atoms with Crippen LogP contribution in [-0.2, 0) is 0 Å². The minimum atomic E-state index is -0.00499. The molecule has 4 nitrogen and oxygen atoms in total. The Bertz CT molecular complexity index is 273. The maximum absolute atomic E-state index is 5.83. The lowest BCUT2D eigenvalue weighted by molar-refractivity contribution is 0.160. The number of nitrogens with two attached hydrogens (primary N) is 1. The molecule has 1 fully saturated rings. The quantitative estimate of drug-likeness (QED) is 0.340. The van der Waals surface area contributed by atoms with Gasteiger partial charge in [-0.25, -0.2) is 0 Å². The van der Waals surface area contributed by atoms with Gasteiger partial charge in [0, 0.05) is 24.7 Å². The zero-order valence-electron chi connectivity index (χ0n) is 12.9. The fourth-order valence-electron chi connectivity index (χ4n) is 2.39. The molecule has 0 spiro atoms. The third kappa shape index (κ3) is 8.68. The van der Waals surface area contributed by atoms with Crippen LogP contribution in [0.5, 0.6) is 0 Å². The Morgan fingerprint density at radius 3 is 2.63 bits per heavy atom. The van der Waals surface area contributed by atoms with Crippen molar-refractivity contribution in [1.29, 1.82) is 0 Å². The van der Waals surface area contributed by atoms with Crippen LogP contribution in [0, 0.1) is 0 Å². The van der Waals surface area contributed by atoms with Crippen LogP contribution >= 0.6 is 24.0 Å². The Hall–Kier alpha value is -0.0400. The van der Waals surface area contributed by atoms with Crippen LogP contribution in [0.4, 0.5) is 0 Å². The number of likely N-dealkylation sites (tertiary alicyclic amines) is 1. The van der Waals surface area contributed by atoms with Gasteiger partial charge in [-0.3, -0.25) is 4.99 Å². The number of aliphatic imine (C=N–C) groups is 1. The van der Waals surface area contributed by atoms with Crippen molar-refractivity contribution in [2.24, 2.45) is 10.7 Å². The van der Waals surface area contributed by atoms with Gasteiger partial charge in [-0.15, -0.1) is 24.0 Å². The summed E-state index contributed by atoms with van der Waals surface area (Å²) < 4.78 is 0. The first kappa shape index (κ1) is 19.0. The Labute approximate surface area is 135 Å². The number of guanidine groups is 1. The molecule has 1 heterocycles. The maximum atomic E-state index is 5.83. The second kappa shape index (κ2) is 9.00. The number of halogens is 1. The van der Waals surface area contributed by atoms with E-state index in [1.807, 2.05) is 0 Å². The fraction of sp³-hybridized carbons (Fsp3) is 0.929. The normalized spacial score (nSPS) is 21.9. The molecular formula is C14H31IN4. The van der Waals surface area contributed by atoms with Crippen LogP contribution in [0.2, 0.25) is 0 Å². The van der Waals surface area contributed by atoms with E-state index in [9.17, 15) is 0 Å². The highest BCUT2D eigenvalue weighted by atomic mass is 127. The van der Waals surface area contributed by atoms with Crippen LogP contribution in [0.1, 0.15) is 53.4 Å². The van der Waals surface area contributed by atoms with Gasteiger partial charge in [-0.05, 0) is 53.5 Å². The first-order chi connectivity index (χ1) is 8.38. The molecule has 0 aromatic carbocycles. The van der Waals surface area contributed by atoms with E-state index in [1.165, 1.54) is 25.8 Å². The summed E-state index contributed by atoms with van der Waals surface area (Å²) in [6, 6.07) is 0.743. The third-order valence-corrected chi connectivity index (χ3v) is 3.33. The summed E-state index contributed by atoms with van der Waals surface area (Å²) in [7, 11) is 0. The monoisotopic (exact) mass is 382 g/mol. The SMILES string of the molecule is CC1CCCCN1CCCN=C(N)NC(C)(C)C.I. The van der Waals surface area contributed by atoms with E-state index >= 15 is 0 Å². The van der Waals surface area contributed by atoms with Crippen LogP contribution < -0.4 is 11.1 Å². The summed E-state index contributed by atoms with van der Waals surface area (Å²) in [6.45, 7) is 11.8. The van der Waals surface area contributed by atoms with Gasteiger partial charge in [0.15, 0.2) is 5.96 Å². The maximum Gasteiger partial charge on any atom is 0.188 e. The molecule has 0 bridgehead atoms. The van der Waals surface area contributed by atoms with Crippen LogP contribution in [-0.4, -0.2) is 42.1 Å². The molecule has 19 heavy (non-hydrogen) atoms. The standard InChI is InChI=1S/C14H30N4.HI/c1-12-8-5-6-10-18(12)11-7-9-16-13(15)17-14(2,3)4;/h12H,5-11H2,1-4H3,(H3,15,16,17);1H. The Morgan fingerprint density at radius 1 is 1.37 bits per heavy atom. The Balaban J connectivity index is 0.00000324. The minimum Gasteiger partial charge on any atom is -0.370 e. The van der Waals surface area contributed by atoms with Crippen molar-refractivity contribution in [2.45, 2.75) is 65.0 Å². The molecule has 3 N–H and O–H groups in total. The molecule has 0 aliphatic carbocycles. The Morgan fingerprint density at radius 2 is 2.05 bits per heavy atom. The molecule has 114 valence electrons. The van der Waals surface area contributed by atoms with Gasteiger partial charge in [0.1, 0.15) is 0 Å². The molecule has 1 unspecified atom stereocenters. The van der Waals surface area contributed by atoms with Crippen molar-refractivity contribution in [1.82, 2.24) is 10.2 Å². The lowest BCUT2D eigenvalue weighted by atomic mass is 10.0. The molecule has 0 amide bonds. The topological polar surface area (TPSA) is 53.6 Å². The predicted molar refractivity (Wildman–Crippen MR) is 94.3 cm³/mol. The van der Waals surface area contributed by atoms with E-state index in [0.717, 1.165) is 25.6 Å². The summed E-state index contributed by atoms with van der Waals surface area (Å²) in [5, 5.41) is 3.18. The molecule has 0 radical (unpaired) electrons. The molecule has 1 aliphatic rings. The van der Waals surface area contributed by atoms with Gasteiger partial charge >= 0.3 is 0 Å². The summed E-state index contributed by atoms with van der Waals surface area (Å²) in [4.78, 5) is 6.95. The second-order valence-electron chi connectivity index (χ2n) is 6.38. The molecule has 1 aliphatic heterocycles. The van der Waals surface area contributed by atoms with E-state index in [4.69, 9.17) is 5.73 Å². The van der Waals surface area contributed by atoms with Crippen molar-refractivity contribution in [3.8, 4) is 0 Å². The molecule has 0 saturated carbocycles. The van der Waals surface area contributed by atoms with Gasteiger partial charge in [-0.1, -0.05) is 6.42 Å². The number of nitrogens with one attached hydrogen (secondary N) is 1.